The number of carbonyl (C=O) groups excluding carboxylic acids is 3. The first-order valence-corrected chi connectivity index (χ1v) is 14.1. The molecular weight excluding hydrogens is 514 g/mol. The lowest BCUT2D eigenvalue weighted by molar-refractivity contribution is -0.133. The van der Waals surface area contributed by atoms with Crippen LogP contribution in [0.5, 0.6) is 0 Å². The highest BCUT2D eigenvalue weighted by Crippen LogP contribution is 2.16. The van der Waals surface area contributed by atoms with Crippen molar-refractivity contribution in [2.75, 3.05) is 26.2 Å². The summed E-state index contributed by atoms with van der Waals surface area (Å²) in [6.07, 6.45) is 1.72. The van der Waals surface area contributed by atoms with E-state index in [1.165, 1.54) is 12.1 Å². The molecule has 0 saturated carbocycles. The highest BCUT2D eigenvalue weighted by molar-refractivity contribution is 6.00. The number of benzene rings is 2. The van der Waals surface area contributed by atoms with Crippen molar-refractivity contribution in [1.29, 1.82) is 0 Å². The SMILES string of the molecule is CCCN(CCC)C(=O)c1cc(C)cc(C(=O)N[C@@H](Cc2cc(F)cc(F)c2)CN(CC(C)C)C(=O)[C@H](C)N)c1. The normalized spacial score (nSPS) is 12.7. The second-order valence-corrected chi connectivity index (χ2v) is 11.0. The Morgan fingerprint density at radius 1 is 0.850 bits per heavy atom. The van der Waals surface area contributed by atoms with Gasteiger partial charge in [-0.1, -0.05) is 27.7 Å². The molecule has 3 N–H and O–H groups in total. The summed E-state index contributed by atoms with van der Waals surface area (Å²) in [5.41, 5.74) is 7.70. The van der Waals surface area contributed by atoms with E-state index >= 15 is 0 Å². The van der Waals surface area contributed by atoms with Gasteiger partial charge in [-0.15, -0.1) is 0 Å². The van der Waals surface area contributed by atoms with Gasteiger partial charge in [-0.25, -0.2) is 8.78 Å². The fraction of sp³-hybridized carbons (Fsp3) is 0.516. The third kappa shape index (κ3) is 10.0. The summed E-state index contributed by atoms with van der Waals surface area (Å²) in [7, 11) is 0. The molecule has 0 unspecified atom stereocenters. The molecule has 2 aromatic carbocycles. The Labute approximate surface area is 237 Å². The van der Waals surface area contributed by atoms with Crippen molar-refractivity contribution >= 4 is 17.7 Å². The van der Waals surface area contributed by atoms with E-state index in [-0.39, 0.29) is 30.7 Å². The van der Waals surface area contributed by atoms with Crippen molar-refractivity contribution < 1.29 is 23.2 Å². The maximum atomic E-state index is 14.0. The van der Waals surface area contributed by atoms with Gasteiger partial charge in [0.05, 0.1) is 12.1 Å². The number of hydrogen-bond donors (Lipinski definition) is 2. The molecule has 0 radical (unpaired) electrons. The molecule has 3 amide bonds. The number of rotatable bonds is 14. The average Bonchev–Trinajstić information content (AvgIpc) is 2.85. The summed E-state index contributed by atoms with van der Waals surface area (Å²) in [5.74, 6) is -2.19. The lowest BCUT2D eigenvalue weighted by Gasteiger charge is -2.31. The Morgan fingerprint density at radius 2 is 1.43 bits per heavy atom. The van der Waals surface area contributed by atoms with Crippen molar-refractivity contribution in [3.05, 3.63) is 70.3 Å². The molecule has 0 fully saturated rings. The Balaban J connectivity index is 2.41. The molecule has 0 aliphatic heterocycles. The summed E-state index contributed by atoms with van der Waals surface area (Å²) >= 11 is 0. The molecule has 0 aromatic heterocycles. The molecule has 0 spiro atoms. The molecule has 2 rings (SSSR count). The summed E-state index contributed by atoms with van der Waals surface area (Å²) in [4.78, 5) is 43.0. The number of nitrogens with two attached hydrogens (primary N) is 1. The van der Waals surface area contributed by atoms with Gasteiger partial charge in [0, 0.05) is 43.4 Å². The Hall–Kier alpha value is -3.33. The Morgan fingerprint density at radius 3 is 1.95 bits per heavy atom. The maximum Gasteiger partial charge on any atom is 0.253 e. The minimum Gasteiger partial charge on any atom is -0.347 e. The van der Waals surface area contributed by atoms with Gasteiger partial charge in [0.25, 0.3) is 11.8 Å². The predicted octanol–water partition coefficient (Wildman–Crippen LogP) is 4.71. The first kappa shape index (κ1) is 32.9. The molecule has 2 atom stereocenters. The number of carbonyl (C=O) groups is 3. The van der Waals surface area contributed by atoms with Crippen molar-refractivity contribution in [3.8, 4) is 0 Å². The standard InChI is InChI=1S/C31H44F2N4O3/c1-7-9-36(10-8-2)31(40)25-12-21(5)11-24(16-25)29(38)35-28(15-23-13-26(32)17-27(33)14-23)19-37(18-20(3)4)30(39)22(6)34/h11-14,16-17,20,22,28H,7-10,15,18-19,34H2,1-6H3,(H,35,38)/t22-,28-/m0/s1. The summed E-state index contributed by atoms with van der Waals surface area (Å²) in [5, 5.41) is 2.95. The molecule has 9 heteroatoms. The number of nitrogens with one attached hydrogen (secondary N) is 1. The molecule has 0 aliphatic rings. The number of amides is 3. The molecule has 0 aliphatic carbocycles. The average molecular weight is 559 g/mol. The van der Waals surface area contributed by atoms with Gasteiger partial charge in [-0.05, 0) is 80.5 Å². The third-order valence-corrected chi connectivity index (χ3v) is 6.33. The molecule has 2 aromatic rings. The highest BCUT2D eigenvalue weighted by atomic mass is 19.1. The molecule has 7 nitrogen and oxygen atoms in total. The van der Waals surface area contributed by atoms with E-state index in [9.17, 15) is 23.2 Å². The Bertz CT molecular complexity index is 1140. The lowest BCUT2D eigenvalue weighted by atomic mass is 10.0. The van der Waals surface area contributed by atoms with Crippen LogP contribution in [-0.2, 0) is 11.2 Å². The van der Waals surface area contributed by atoms with Crippen LogP contribution in [0.2, 0.25) is 0 Å². The van der Waals surface area contributed by atoms with Gasteiger partial charge < -0.3 is 20.9 Å². The van der Waals surface area contributed by atoms with Crippen LogP contribution in [0, 0.1) is 24.5 Å². The molecule has 220 valence electrons. The molecule has 0 bridgehead atoms. The smallest absolute Gasteiger partial charge is 0.253 e. The second-order valence-electron chi connectivity index (χ2n) is 11.0. The second kappa shape index (κ2) is 15.5. The van der Waals surface area contributed by atoms with E-state index in [1.54, 1.807) is 34.9 Å². The Kier molecular flexibility index (Phi) is 12.7. The third-order valence-electron chi connectivity index (χ3n) is 6.33. The van der Waals surface area contributed by atoms with Crippen molar-refractivity contribution in [2.24, 2.45) is 11.7 Å². The monoisotopic (exact) mass is 558 g/mol. The predicted molar refractivity (Wildman–Crippen MR) is 154 cm³/mol. The van der Waals surface area contributed by atoms with Gasteiger partial charge >= 0.3 is 0 Å². The lowest BCUT2D eigenvalue weighted by Crippen LogP contribution is -2.51. The van der Waals surface area contributed by atoms with Crippen LogP contribution in [0.25, 0.3) is 0 Å². The number of aryl methyl sites for hydroxylation is 1. The molecular formula is C31H44F2N4O3. The van der Waals surface area contributed by atoms with E-state index in [4.69, 9.17) is 5.73 Å². The first-order valence-electron chi connectivity index (χ1n) is 14.1. The van der Waals surface area contributed by atoms with Crippen LogP contribution < -0.4 is 11.1 Å². The molecule has 40 heavy (non-hydrogen) atoms. The number of hydrogen-bond acceptors (Lipinski definition) is 4. The van der Waals surface area contributed by atoms with Crippen LogP contribution in [0.3, 0.4) is 0 Å². The van der Waals surface area contributed by atoms with Crippen LogP contribution >= 0.6 is 0 Å². The van der Waals surface area contributed by atoms with Crippen LogP contribution in [0.1, 0.15) is 79.3 Å². The van der Waals surface area contributed by atoms with Gasteiger partial charge in [0.15, 0.2) is 0 Å². The molecule has 0 saturated heterocycles. The zero-order valence-corrected chi connectivity index (χ0v) is 24.6. The topological polar surface area (TPSA) is 95.7 Å². The van der Waals surface area contributed by atoms with Crippen LogP contribution in [-0.4, -0.2) is 65.8 Å². The first-order chi connectivity index (χ1) is 18.8. The molecule has 0 heterocycles. The van der Waals surface area contributed by atoms with Gasteiger partial charge in [-0.3, -0.25) is 14.4 Å². The van der Waals surface area contributed by atoms with E-state index in [0.717, 1.165) is 24.5 Å². The van der Waals surface area contributed by atoms with E-state index in [2.05, 4.69) is 5.32 Å². The number of halogens is 2. The fourth-order valence-corrected chi connectivity index (χ4v) is 4.77. The number of nitrogens with zero attached hydrogens (tertiary/aromatic N) is 2. The maximum absolute atomic E-state index is 14.0. The van der Waals surface area contributed by atoms with Crippen molar-refractivity contribution in [3.63, 3.8) is 0 Å². The summed E-state index contributed by atoms with van der Waals surface area (Å²) in [6.45, 7) is 13.1. The minimum atomic E-state index is -0.749. The quantitative estimate of drug-likeness (QED) is 0.351. The fourth-order valence-electron chi connectivity index (χ4n) is 4.77. The summed E-state index contributed by atoms with van der Waals surface area (Å²) in [6, 6.07) is 6.80. The van der Waals surface area contributed by atoms with Crippen molar-refractivity contribution in [2.45, 2.75) is 72.9 Å². The largest absolute Gasteiger partial charge is 0.347 e. The minimum absolute atomic E-state index is 0.0830. The zero-order chi connectivity index (χ0) is 30.0. The van der Waals surface area contributed by atoms with E-state index < -0.39 is 29.6 Å². The van der Waals surface area contributed by atoms with E-state index in [1.807, 2.05) is 34.6 Å². The van der Waals surface area contributed by atoms with Crippen LogP contribution in [0.15, 0.2) is 36.4 Å². The van der Waals surface area contributed by atoms with Gasteiger partial charge in [-0.2, -0.15) is 0 Å². The van der Waals surface area contributed by atoms with Crippen molar-refractivity contribution in [1.82, 2.24) is 15.1 Å². The van der Waals surface area contributed by atoms with Gasteiger partial charge in [0.2, 0.25) is 5.91 Å². The van der Waals surface area contributed by atoms with E-state index in [0.29, 0.717) is 36.3 Å². The van der Waals surface area contributed by atoms with Gasteiger partial charge in [0.1, 0.15) is 11.6 Å². The highest BCUT2D eigenvalue weighted by Gasteiger charge is 2.25. The zero-order valence-electron chi connectivity index (χ0n) is 24.6. The summed E-state index contributed by atoms with van der Waals surface area (Å²) < 4.78 is 27.9. The van der Waals surface area contributed by atoms with Crippen LogP contribution in [0.4, 0.5) is 8.78 Å².